The zero-order chi connectivity index (χ0) is 15.7. The molecule has 21 heavy (non-hydrogen) atoms. The van der Waals surface area contributed by atoms with E-state index >= 15 is 0 Å². The first-order chi connectivity index (χ1) is 9.90. The Hall–Kier alpha value is -1.34. The molecule has 3 nitrogen and oxygen atoms in total. The molecule has 0 saturated carbocycles. The predicted octanol–water partition coefficient (Wildman–Crippen LogP) is 3.45. The molecule has 0 radical (unpaired) electrons. The number of nitrogens with two attached hydrogens (primary N) is 1. The molecule has 0 spiro atoms. The van der Waals surface area contributed by atoms with Crippen molar-refractivity contribution in [3.63, 3.8) is 0 Å². The molecule has 0 aliphatic rings. The van der Waals surface area contributed by atoms with Gasteiger partial charge in [0, 0.05) is 26.1 Å². The summed E-state index contributed by atoms with van der Waals surface area (Å²) < 4.78 is 46.3. The molecule has 0 fully saturated rings. The summed E-state index contributed by atoms with van der Waals surface area (Å²) >= 11 is 4.91. The van der Waals surface area contributed by atoms with E-state index in [9.17, 15) is 13.2 Å². The van der Waals surface area contributed by atoms with Crippen molar-refractivity contribution in [3.8, 4) is 5.75 Å². The molecule has 1 aromatic carbocycles. The van der Waals surface area contributed by atoms with Crippen molar-refractivity contribution in [2.45, 2.75) is 25.4 Å². The molecule has 0 aromatic heterocycles. The van der Waals surface area contributed by atoms with Crippen LogP contribution in [0, 0.1) is 0 Å². The van der Waals surface area contributed by atoms with E-state index in [1.807, 2.05) is 12.1 Å². The van der Waals surface area contributed by atoms with Crippen molar-refractivity contribution in [2.24, 2.45) is 5.73 Å². The molecule has 0 amide bonds. The minimum Gasteiger partial charge on any atom is -0.493 e. The summed E-state index contributed by atoms with van der Waals surface area (Å²) in [6, 6.07) is 7.15. The average Bonchev–Trinajstić information content (AvgIpc) is 2.41. The Kier molecular flexibility index (Phi) is 7.45. The Morgan fingerprint density at radius 1 is 1.10 bits per heavy atom. The lowest BCUT2D eigenvalue weighted by atomic mass is 10.2. The maximum Gasteiger partial charge on any atom is 0.389 e. The van der Waals surface area contributed by atoms with Crippen molar-refractivity contribution in [1.29, 1.82) is 0 Å². The third-order valence-corrected chi connectivity index (χ3v) is 2.81. The van der Waals surface area contributed by atoms with Crippen LogP contribution in [0.15, 0.2) is 24.3 Å². The molecule has 0 aliphatic heterocycles. The van der Waals surface area contributed by atoms with Gasteiger partial charge in [0.15, 0.2) is 0 Å². The van der Waals surface area contributed by atoms with Crippen LogP contribution >= 0.6 is 12.2 Å². The second-order valence-corrected chi connectivity index (χ2v) is 4.83. The van der Waals surface area contributed by atoms with Gasteiger partial charge in [-0.05, 0) is 18.6 Å². The van der Waals surface area contributed by atoms with E-state index in [-0.39, 0.29) is 18.0 Å². The topological polar surface area (TPSA) is 44.5 Å². The fourth-order valence-corrected chi connectivity index (χ4v) is 1.78. The molecular formula is C14H18F3NO2S. The normalized spacial score (nSPS) is 11.4. The van der Waals surface area contributed by atoms with E-state index in [4.69, 9.17) is 27.4 Å². The van der Waals surface area contributed by atoms with Gasteiger partial charge in [-0.15, -0.1) is 0 Å². The Bertz CT molecular complexity index is 452. The summed E-state index contributed by atoms with van der Waals surface area (Å²) in [4.78, 5) is 0.258. The van der Waals surface area contributed by atoms with Crippen molar-refractivity contribution in [2.75, 3.05) is 19.8 Å². The highest BCUT2D eigenvalue weighted by molar-refractivity contribution is 7.80. The van der Waals surface area contributed by atoms with Gasteiger partial charge in [-0.1, -0.05) is 24.4 Å². The van der Waals surface area contributed by atoms with Crippen LogP contribution in [0.5, 0.6) is 5.75 Å². The summed E-state index contributed by atoms with van der Waals surface area (Å²) in [6.07, 6.45) is -4.37. The maximum absolute atomic E-state index is 11.9. The summed E-state index contributed by atoms with van der Waals surface area (Å²) in [5.74, 6) is 0.599. The average molecular weight is 321 g/mol. The highest BCUT2D eigenvalue weighted by atomic mass is 32.1. The molecule has 118 valence electrons. The zero-order valence-electron chi connectivity index (χ0n) is 11.5. The van der Waals surface area contributed by atoms with Crippen LogP contribution in [0.1, 0.15) is 24.8 Å². The number of halogens is 3. The van der Waals surface area contributed by atoms with Gasteiger partial charge in [0.2, 0.25) is 0 Å². The number of hydrogen-bond acceptors (Lipinski definition) is 3. The largest absolute Gasteiger partial charge is 0.493 e. The van der Waals surface area contributed by atoms with E-state index in [0.29, 0.717) is 30.9 Å². The number of thiocarbonyl (C=S) groups is 1. The second-order valence-electron chi connectivity index (χ2n) is 4.39. The third kappa shape index (κ3) is 7.87. The Morgan fingerprint density at radius 3 is 2.43 bits per heavy atom. The van der Waals surface area contributed by atoms with E-state index in [1.165, 1.54) is 0 Å². The van der Waals surface area contributed by atoms with E-state index < -0.39 is 12.6 Å². The zero-order valence-corrected chi connectivity index (χ0v) is 12.3. The minimum atomic E-state index is -4.11. The van der Waals surface area contributed by atoms with Crippen LogP contribution in [-0.4, -0.2) is 31.0 Å². The molecule has 1 rings (SSSR count). The standard InChI is InChI=1S/C14H18F3NO2S/c15-14(16,17)7-3-8-19-9-4-10-20-12-6-2-1-5-11(12)13(18)21/h1-2,5-6H,3-4,7-10H2,(H2,18,21). The summed E-state index contributed by atoms with van der Waals surface area (Å²) in [5.41, 5.74) is 6.24. The molecule has 7 heteroatoms. The lowest BCUT2D eigenvalue weighted by Crippen LogP contribution is -2.13. The quantitative estimate of drug-likeness (QED) is 0.559. The second kappa shape index (κ2) is 8.84. The molecule has 2 N–H and O–H groups in total. The van der Waals surface area contributed by atoms with E-state index in [0.717, 1.165) is 0 Å². The lowest BCUT2D eigenvalue weighted by molar-refractivity contribution is -0.137. The summed E-state index contributed by atoms with van der Waals surface area (Å²) in [6.45, 7) is 0.842. The Labute approximate surface area is 127 Å². The van der Waals surface area contributed by atoms with Gasteiger partial charge in [-0.3, -0.25) is 0 Å². The predicted molar refractivity (Wildman–Crippen MR) is 78.5 cm³/mol. The van der Waals surface area contributed by atoms with Gasteiger partial charge in [0.1, 0.15) is 10.7 Å². The van der Waals surface area contributed by atoms with Gasteiger partial charge in [0.25, 0.3) is 0 Å². The van der Waals surface area contributed by atoms with Crippen LogP contribution in [-0.2, 0) is 4.74 Å². The molecule has 0 atom stereocenters. The van der Waals surface area contributed by atoms with Crippen molar-refractivity contribution >= 4 is 17.2 Å². The molecular weight excluding hydrogens is 303 g/mol. The SMILES string of the molecule is NC(=S)c1ccccc1OCCCOCCCC(F)(F)F. The Morgan fingerprint density at radius 2 is 1.76 bits per heavy atom. The summed E-state index contributed by atoms with van der Waals surface area (Å²) in [5, 5.41) is 0. The van der Waals surface area contributed by atoms with Crippen molar-refractivity contribution in [3.05, 3.63) is 29.8 Å². The first kappa shape index (κ1) is 17.7. The van der Waals surface area contributed by atoms with E-state index in [2.05, 4.69) is 0 Å². The first-order valence-electron chi connectivity index (χ1n) is 6.56. The fraction of sp³-hybridized carbons (Fsp3) is 0.500. The molecule has 0 unspecified atom stereocenters. The maximum atomic E-state index is 11.9. The van der Waals surface area contributed by atoms with Gasteiger partial charge in [-0.25, -0.2) is 0 Å². The fourth-order valence-electron chi connectivity index (χ4n) is 1.62. The van der Waals surface area contributed by atoms with Crippen LogP contribution in [0.2, 0.25) is 0 Å². The van der Waals surface area contributed by atoms with Crippen LogP contribution in [0.3, 0.4) is 0 Å². The van der Waals surface area contributed by atoms with Gasteiger partial charge >= 0.3 is 6.18 Å². The number of hydrogen-bond donors (Lipinski definition) is 1. The van der Waals surface area contributed by atoms with Crippen LogP contribution in [0.25, 0.3) is 0 Å². The first-order valence-corrected chi connectivity index (χ1v) is 6.97. The van der Waals surface area contributed by atoms with Crippen LogP contribution in [0.4, 0.5) is 13.2 Å². The van der Waals surface area contributed by atoms with Crippen molar-refractivity contribution < 1.29 is 22.6 Å². The molecule has 0 heterocycles. The highest BCUT2D eigenvalue weighted by Gasteiger charge is 2.25. The number of benzene rings is 1. The molecule has 0 bridgehead atoms. The van der Waals surface area contributed by atoms with Crippen LogP contribution < -0.4 is 10.5 Å². The number of alkyl halides is 3. The van der Waals surface area contributed by atoms with Gasteiger partial charge in [0.05, 0.1) is 12.2 Å². The number of para-hydroxylation sites is 1. The van der Waals surface area contributed by atoms with Crippen molar-refractivity contribution in [1.82, 2.24) is 0 Å². The number of ether oxygens (including phenoxy) is 2. The third-order valence-electron chi connectivity index (χ3n) is 2.59. The monoisotopic (exact) mass is 321 g/mol. The molecule has 0 aliphatic carbocycles. The van der Waals surface area contributed by atoms with Gasteiger partial charge < -0.3 is 15.2 Å². The molecule has 0 saturated heterocycles. The lowest BCUT2D eigenvalue weighted by Gasteiger charge is -2.10. The highest BCUT2D eigenvalue weighted by Crippen LogP contribution is 2.21. The number of rotatable bonds is 9. The minimum absolute atomic E-state index is 0.0192. The van der Waals surface area contributed by atoms with Gasteiger partial charge in [-0.2, -0.15) is 13.2 Å². The smallest absolute Gasteiger partial charge is 0.389 e. The van der Waals surface area contributed by atoms with E-state index in [1.54, 1.807) is 12.1 Å². The summed E-state index contributed by atoms with van der Waals surface area (Å²) in [7, 11) is 0. The molecule has 1 aromatic rings. The Balaban J connectivity index is 2.14.